The molecule has 1 aromatic carbocycles. The maximum atomic E-state index is 14.4. The fourth-order valence-electron chi connectivity index (χ4n) is 3.60. The van der Waals surface area contributed by atoms with Gasteiger partial charge >= 0.3 is 0 Å². The number of benzene rings is 1. The topological polar surface area (TPSA) is 120 Å². The van der Waals surface area contributed by atoms with Crippen molar-refractivity contribution in [1.82, 2.24) is 19.9 Å². The number of hydrogen-bond donors (Lipinski definition) is 0. The van der Waals surface area contributed by atoms with Gasteiger partial charge in [0.05, 0.1) is 16.2 Å². The molecule has 1 aliphatic heterocycles. The molecule has 3 aromatic rings. The highest BCUT2D eigenvalue weighted by atomic mass is 32.2. The lowest BCUT2D eigenvalue weighted by Gasteiger charge is -2.32. The van der Waals surface area contributed by atoms with Crippen molar-refractivity contribution in [2.24, 2.45) is 5.16 Å². The molecular formula is C23H25FN6O4S. The molecule has 0 unspecified atom stereocenters. The van der Waals surface area contributed by atoms with Crippen molar-refractivity contribution in [2.75, 3.05) is 24.2 Å². The Hall–Kier alpha value is -3.67. The van der Waals surface area contributed by atoms with Gasteiger partial charge in [0.15, 0.2) is 9.84 Å². The molecule has 10 nitrogen and oxygen atoms in total. The molecule has 184 valence electrons. The number of hydrogen-bond acceptors (Lipinski definition) is 10. The molecule has 0 amide bonds. The number of sulfone groups is 1. The normalized spacial score (nSPS) is 15.2. The molecule has 1 fully saturated rings. The minimum absolute atomic E-state index is 0.0379. The van der Waals surface area contributed by atoms with Crippen molar-refractivity contribution >= 4 is 21.5 Å². The fourth-order valence-corrected chi connectivity index (χ4v) is 4.23. The molecule has 0 radical (unpaired) electrons. The number of oxime groups is 1. The molecule has 3 heterocycles. The van der Waals surface area contributed by atoms with Crippen LogP contribution < -0.4 is 14.5 Å². The van der Waals surface area contributed by atoms with Gasteiger partial charge in [0.25, 0.3) is 5.88 Å². The lowest BCUT2D eigenvalue weighted by molar-refractivity contribution is 0.160. The van der Waals surface area contributed by atoms with Crippen molar-refractivity contribution < 1.29 is 22.4 Å². The van der Waals surface area contributed by atoms with Gasteiger partial charge in [-0.2, -0.15) is 4.98 Å². The second-order valence-corrected chi connectivity index (χ2v) is 10.2. The van der Waals surface area contributed by atoms with E-state index in [4.69, 9.17) is 9.57 Å². The molecule has 0 bridgehead atoms. The predicted octanol–water partition coefficient (Wildman–Crippen LogP) is 2.97. The standard InChI is InChI=1S/C23H25FN6O4S/c1-15-21(33-17-7-11-30(12-8-17)23-25-9-4-10-26-23)27-14-28-22(15)34-29-16(2)19-6-5-18(13-20(19)24)35(3,31)32/h4-6,9-10,13-14,17H,7-8,11-12H2,1-3H3. The first-order chi connectivity index (χ1) is 16.7. The van der Waals surface area contributed by atoms with E-state index in [9.17, 15) is 12.8 Å². The largest absolute Gasteiger partial charge is 0.474 e. The van der Waals surface area contributed by atoms with Crippen molar-refractivity contribution in [1.29, 1.82) is 0 Å². The summed E-state index contributed by atoms with van der Waals surface area (Å²) in [4.78, 5) is 24.4. The van der Waals surface area contributed by atoms with Gasteiger partial charge in [-0.1, -0.05) is 5.16 Å². The van der Waals surface area contributed by atoms with Gasteiger partial charge in [-0.05, 0) is 38.1 Å². The summed E-state index contributed by atoms with van der Waals surface area (Å²) in [5, 5.41) is 3.97. The van der Waals surface area contributed by atoms with Gasteiger partial charge in [0.2, 0.25) is 11.8 Å². The fraction of sp³-hybridized carbons (Fsp3) is 0.348. The molecule has 1 aliphatic rings. The van der Waals surface area contributed by atoms with Gasteiger partial charge < -0.3 is 14.5 Å². The van der Waals surface area contributed by atoms with E-state index in [0.29, 0.717) is 17.4 Å². The quantitative estimate of drug-likeness (QED) is 0.356. The van der Waals surface area contributed by atoms with Crippen LogP contribution in [0, 0.1) is 12.7 Å². The zero-order valence-corrected chi connectivity index (χ0v) is 20.4. The van der Waals surface area contributed by atoms with Crippen LogP contribution in [0.4, 0.5) is 10.3 Å². The second-order valence-electron chi connectivity index (χ2n) is 8.14. The van der Waals surface area contributed by atoms with E-state index >= 15 is 0 Å². The first-order valence-electron chi connectivity index (χ1n) is 10.9. The molecule has 1 saturated heterocycles. The summed E-state index contributed by atoms with van der Waals surface area (Å²) in [6.45, 7) is 4.82. The van der Waals surface area contributed by atoms with Gasteiger partial charge in [0, 0.05) is 50.1 Å². The summed E-state index contributed by atoms with van der Waals surface area (Å²) in [5.74, 6) is 0.558. The molecule has 35 heavy (non-hydrogen) atoms. The van der Waals surface area contributed by atoms with Crippen LogP contribution in [0.15, 0.2) is 53.0 Å². The van der Waals surface area contributed by atoms with Crippen molar-refractivity contribution in [3.63, 3.8) is 0 Å². The highest BCUT2D eigenvalue weighted by molar-refractivity contribution is 7.90. The van der Waals surface area contributed by atoms with Gasteiger partial charge in [-0.15, -0.1) is 0 Å². The zero-order chi connectivity index (χ0) is 25.0. The first-order valence-corrected chi connectivity index (χ1v) is 12.8. The summed E-state index contributed by atoms with van der Waals surface area (Å²) in [6, 6.07) is 5.42. The third-order valence-corrected chi connectivity index (χ3v) is 6.68. The van der Waals surface area contributed by atoms with E-state index in [2.05, 4.69) is 30.0 Å². The second kappa shape index (κ2) is 10.3. The average Bonchev–Trinajstić information content (AvgIpc) is 2.85. The highest BCUT2D eigenvalue weighted by Crippen LogP contribution is 2.26. The van der Waals surface area contributed by atoms with E-state index in [1.807, 2.05) is 0 Å². The number of nitrogens with zero attached hydrogens (tertiary/aromatic N) is 6. The maximum absolute atomic E-state index is 14.4. The molecule has 0 saturated carbocycles. The Balaban J connectivity index is 1.41. The molecule has 0 atom stereocenters. The Labute approximate surface area is 202 Å². The van der Waals surface area contributed by atoms with Crippen LogP contribution in [-0.4, -0.2) is 59.5 Å². The molecule has 0 spiro atoms. The van der Waals surface area contributed by atoms with E-state index in [1.165, 1.54) is 18.5 Å². The summed E-state index contributed by atoms with van der Waals surface area (Å²) >= 11 is 0. The minimum Gasteiger partial charge on any atom is -0.474 e. The van der Waals surface area contributed by atoms with E-state index in [-0.39, 0.29) is 28.2 Å². The maximum Gasteiger partial charge on any atom is 0.258 e. The minimum atomic E-state index is -3.51. The van der Waals surface area contributed by atoms with Crippen molar-refractivity contribution in [3.05, 3.63) is 59.9 Å². The van der Waals surface area contributed by atoms with E-state index in [0.717, 1.165) is 38.3 Å². The Morgan fingerprint density at radius 1 is 1.11 bits per heavy atom. The molecule has 12 heteroatoms. The molecule has 4 rings (SSSR count). The smallest absolute Gasteiger partial charge is 0.258 e. The van der Waals surface area contributed by atoms with Crippen LogP contribution >= 0.6 is 0 Å². The molecular weight excluding hydrogens is 475 g/mol. The van der Waals surface area contributed by atoms with Gasteiger partial charge in [-0.3, -0.25) is 0 Å². The summed E-state index contributed by atoms with van der Waals surface area (Å²) < 4.78 is 43.8. The van der Waals surface area contributed by atoms with Crippen LogP contribution in [0.2, 0.25) is 0 Å². The van der Waals surface area contributed by atoms with E-state index < -0.39 is 15.7 Å². The Morgan fingerprint density at radius 3 is 2.46 bits per heavy atom. The van der Waals surface area contributed by atoms with E-state index in [1.54, 1.807) is 32.3 Å². The molecule has 0 N–H and O–H groups in total. The first kappa shape index (κ1) is 24.5. The Morgan fingerprint density at radius 2 is 1.80 bits per heavy atom. The summed E-state index contributed by atoms with van der Waals surface area (Å²) in [6.07, 6.45) is 7.29. The SMILES string of the molecule is CC(=NOc1ncnc(OC2CCN(c3ncccn3)CC2)c1C)c1ccc(S(C)(=O)=O)cc1F. The lowest BCUT2D eigenvalue weighted by atomic mass is 10.1. The number of ether oxygens (including phenoxy) is 1. The third-order valence-electron chi connectivity index (χ3n) is 5.57. The van der Waals surface area contributed by atoms with Crippen LogP contribution in [0.25, 0.3) is 0 Å². The Kier molecular flexibility index (Phi) is 7.20. The van der Waals surface area contributed by atoms with Crippen LogP contribution in [0.1, 0.15) is 30.9 Å². The summed E-state index contributed by atoms with van der Waals surface area (Å²) in [7, 11) is -3.51. The van der Waals surface area contributed by atoms with Gasteiger partial charge in [-0.25, -0.2) is 27.8 Å². The third kappa shape index (κ3) is 5.88. The van der Waals surface area contributed by atoms with Crippen LogP contribution in [0.3, 0.4) is 0 Å². The number of halogens is 1. The zero-order valence-electron chi connectivity index (χ0n) is 19.5. The number of anilines is 1. The van der Waals surface area contributed by atoms with Gasteiger partial charge in [0.1, 0.15) is 18.2 Å². The molecule has 2 aromatic heterocycles. The number of piperidine rings is 1. The highest BCUT2D eigenvalue weighted by Gasteiger charge is 2.24. The van der Waals surface area contributed by atoms with Crippen LogP contribution in [0.5, 0.6) is 11.8 Å². The monoisotopic (exact) mass is 500 g/mol. The average molecular weight is 501 g/mol. The van der Waals surface area contributed by atoms with Crippen molar-refractivity contribution in [3.8, 4) is 11.8 Å². The molecule has 0 aliphatic carbocycles. The van der Waals surface area contributed by atoms with Crippen LogP contribution in [-0.2, 0) is 9.84 Å². The summed E-state index contributed by atoms with van der Waals surface area (Å²) in [5.41, 5.74) is 0.902. The Bertz CT molecular complexity index is 1330. The number of aromatic nitrogens is 4. The predicted molar refractivity (Wildman–Crippen MR) is 127 cm³/mol. The number of rotatable bonds is 7. The lowest BCUT2D eigenvalue weighted by Crippen LogP contribution is -2.39. The van der Waals surface area contributed by atoms with Crippen molar-refractivity contribution in [2.45, 2.75) is 37.7 Å².